The van der Waals surface area contributed by atoms with Crippen LogP contribution in [0.4, 0.5) is 5.69 Å². The number of quaternary nitrogens is 1. The first-order valence-corrected chi connectivity index (χ1v) is 4.42. The molecule has 90 valence electrons. The molecule has 1 aromatic carbocycles. The average molecular weight is 249 g/mol. The van der Waals surface area contributed by atoms with Crippen LogP contribution in [0.1, 0.15) is 11.7 Å². The standard InChI is InChI=1S/C9H12N2O4.ClH/c10-8(5-12)9(13)6-1-3-7(4-2-6)11(14)15;/h1-4,8-9,12-13H,5,10H2;1H. The Morgan fingerprint density at radius 2 is 1.88 bits per heavy atom. The molecule has 0 aliphatic rings. The van der Waals surface area contributed by atoms with Gasteiger partial charge in [0.2, 0.25) is 0 Å². The Kier molecular flexibility index (Phi) is 5.91. The molecule has 1 rings (SSSR count). The van der Waals surface area contributed by atoms with Crippen LogP contribution in [-0.4, -0.2) is 27.8 Å². The molecule has 5 N–H and O–H groups in total. The van der Waals surface area contributed by atoms with Gasteiger partial charge in [-0.05, 0) is 17.7 Å². The van der Waals surface area contributed by atoms with Gasteiger partial charge >= 0.3 is 0 Å². The summed E-state index contributed by atoms with van der Waals surface area (Å²) in [6.45, 7) is -0.238. The molecule has 2 unspecified atom stereocenters. The maximum Gasteiger partial charge on any atom is 0.269 e. The number of halogens is 1. The van der Waals surface area contributed by atoms with Gasteiger partial charge in [-0.3, -0.25) is 10.1 Å². The number of nitro benzene ring substituents is 1. The Hall–Kier alpha value is -1.21. The highest BCUT2D eigenvalue weighted by Gasteiger charge is 2.19. The molecule has 0 aliphatic carbocycles. The van der Waals surface area contributed by atoms with Crippen molar-refractivity contribution in [1.29, 1.82) is 0 Å². The van der Waals surface area contributed by atoms with Gasteiger partial charge in [-0.2, -0.15) is 0 Å². The first-order chi connectivity index (χ1) is 7.06. The fraction of sp³-hybridized carbons (Fsp3) is 0.333. The zero-order chi connectivity index (χ0) is 11.4. The quantitative estimate of drug-likeness (QED) is 0.375. The minimum atomic E-state index is -0.907. The molecule has 0 heterocycles. The van der Waals surface area contributed by atoms with Crippen LogP contribution in [0.2, 0.25) is 0 Å². The number of aliphatic hydroxyl groups is 2. The lowest BCUT2D eigenvalue weighted by atomic mass is 10.0. The van der Waals surface area contributed by atoms with Crippen molar-refractivity contribution in [2.24, 2.45) is 0 Å². The van der Waals surface area contributed by atoms with E-state index in [1.165, 1.54) is 24.3 Å². The summed E-state index contributed by atoms with van der Waals surface area (Å²) in [5, 5.41) is 28.8. The smallest absolute Gasteiger partial charge is 0.269 e. The molecule has 7 heteroatoms. The number of hydrogen-bond donors (Lipinski definition) is 3. The third kappa shape index (κ3) is 3.42. The lowest BCUT2D eigenvalue weighted by Crippen LogP contribution is -3.00. The number of aliphatic hydroxyl groups excluding tert-OH is 2. The highest BCUT2D eigenvalue weighted by atomic mass is 35.5. The zero-order valence-electron chi connectivity index (χ0n) is 8.41. The van der Waals surface area contributed by atoms with Gasteiger partial charge in [0, 0.05) is 12.1 Å². The fourth-order valence-electron chi connectivity index (χ4n) is 1.17. The number of benzene rings is 1. The van der Waals surface area contributed by atoms with Crippen molar-refractivity contribution in [3.8, 4) is 0 Å². The molecule has 0 spiro atoms. The largest absolute Gasteiger partial charge is 1.00 e. The molecule has 0 fully saturated rings. The first kappa shape index (κ1) is 14.8. The van der Waals surface area contributed by atoms with Crippen LogP contribution >= 0.6 is 0 Å². The van der Waals surface area contributed by atoms with Crippen molar-refractivity contribution in [2.75, 3.05) is 6.61 Å². The van der Waals surface area contributed by atoms with Gasteiger partial charge in [0.1, 0.15) is 12.1 Å². The summed E-state index contributed by atoms with van der Waals surface area (Å²) in [6.07, 6.45) is -0.907. The number of nitro groups is 1. The van der Waals surface area contributed by atoms with Crippen molar-refractivity contribution in [3.05, 3.63) is 39.9 Å². The van der Waals surface area contributed by atoms with Crippen LogP contribution in [0.3, 0.4) is 0 Å². The molecule has 2 atom stereocenters. The molecule has 6 nitrogen and oxygen atoms in total. The number of non-ortho nitro benzene ring substituents is 1. The molecule has 16 heavy (non-hydrogen) atoms. The summed E-state index contributed by atoms with van der Waals surface area (Å²) in [5.41, 5.74) is 4.03. The Morgan fingerprint density at radius 3 is 2.25 bits per heavy atom. The van der Waals surface area contributed by atoms with Crippen molar-refractivity contribution in [1.82, 2.24) is 0 Å². The lowest BCUT2D eigenvalue weighted by Gasteiger charge is -2.13. The van der Waals surface area contributed by atoms with Gasteiger partial charge in [-0.25, -0.2) is 0 Å². The van der Waals surface area contributed by atoms with E-state index in [4.69, 9.17) is 5.11 Å². The lowest BCUT2D eigenvalue weighted by molar-refractivity contribution is -0.444. The van der Waals surface area contributed by atoms with E-state index >= 15 is 0 Å². The van der Waals surface area contributed by atoms with Gasteiger partial charge in [0.25, 0.3) is 5.69 Å². The Morgan fingerprint density at radius 1 is 1.38 bits per heavy atom. The van der Waals surface area contributed by atoms with E-state index in [1.54, 1.807) is 0 Å². The van der Waals surface area contributed by atoms with Crippen molar-refractivity contribution in [3.63, 3.8) is 0 Å². The van der Waals surface area contributed by atoms with Crippen LogP contribution < -0.4 is 18.1 Å². The summed E-state index contributed by atoms with van der Waals surface area (Å²) in [6, 6.07) is 4.99. The predicted molar refractivity (Wildman–Crippen MR) is 51.8 cm³/mol. The fourth-order valence-corrected chi connectivity index (χ4v) is 1.17. The van der Waals surface area contributed by atoms with E-state index in [1.807, 2.05) is 0 Å². The van der Waals surface area contributed by atoms with E-state index < -0.39 is 17.1 Å². The van der Waals surface area contributed by atoms with Crippen molar-refractivity contribution in [2.45, 2.75) is 12.1 Å². The molecule has 0 aliphatic heterocycles. The van der Waals surface area contributed by atoms with Gasteiger partial charge in [-0.1, -0.05) is 0 Å². The maximum atomic E-state index is 10.4. The summed E-state index contributed by atoms with van der Waals surface area (Å²) in [5.74, 6) is 0. The summed E-state index contributed by atoms with van der Waals surface area (Å²) in [7, 11) is 0. The van der Waals surface area contributed by atoms with E-state index in [0.29, 0.717) is 5.56 Å². The summed E-state index contributed by atoms with van der Waals surface area (Å²) < 4.78 is 0. The Bertz CT molecular complexity index is 344. The van der Waals surface area contributed by atoms with Gasteiger partial charge in [0.15, 0.2) is 0 Å². The molecule has 0 bridgehead atoms. The van der Waals surface area contributed by atoms with Crippen LogP contribution in [0.5, 0.6) is 0 Å². The van der Waals surface area contributed by atoms with Crippen LogP contribution in [0.15, 0.2) is 24.3 Å². The molecule has 0 saturated heterocycles. The van der Waals surface area contributed by atoms with Gasteiger partial charge < -0.3 is 28.4 Å². The number of nitrogens with zero attached hydrogens (tertiary/aromatic N) is 1. The second-order valence-electron chi connectivity index (χ2n) is 3.24. The summed E-state index contributed by atoms with van der Waals surface area (Å²) >= 11 is 0. The van der Waals surface area contributed by atoms with E-state index in [0.717, 1.165) is 0 Å². The molecule has 0 radical (unpaired) electrons. The number of rotatable bonds is 4. The molecule has 0 amide bonds. The number of hydrogen-bond acceptors (Lipinski definition) is 4. The monoisotopic (exact) mass is 248 g/mol. The zero-order valence-corrected chi connectivity index (χ0v) is 9.17. The third-order valence-electron chi connectivity index (χ3n) is 2.13. The SMILES string of the molecule is [Cl-].[NH3+]C(CO)C(O)c1ccc([N+](=O)[O-])cc1. The predicted octanol–water partition coefficient (Wildman–Crippen LogP) is -3.76. The molecule has 0 aromatic heterocycles. The Labute approximate surface area is 98.3 Å². The van der Waals surface area contributed by atoms with Crippen molar-refractivity contribution >= 4 is 5.69 Å². The highest BCUT2D eigenvalue weighted by molar-refractivity contribution is 5.33. The highest BCUT2D eigenvalue weighted by Crippen LogP contribution is 2.18. The van der Waals surface area contributed by atoms with Crippen LogP contribution in [0, 0.1) is 10.1 Å². The normalized spacial score (nSPS) is 13.7. The molecular weight excluding hydrogens is 236 g/mol. The van der Waals surface area contributed by atoms with Crippen molar-refractivity contribution < 1.29 is 33.3 Å². The minimum Gasteiger partial charge on any atom is -1.00 e. The molecular formula is C9H13ClN2O4. The van der Waals surface area contributed by atoms with Gasteiger partial charge in [-0.15, -0.1) is 0 Å². The third-order valence-corrected chi connectivity index (χ3v) is 2.13. The average Bonchev–Trinajstić information content (AvgIpc) is 2.27. The minimum absolute atomic E-state index is 0. The van der Waals surface area contributed by atoms with E-state index in [-0.39, 0.29) is 24.7 Å². The second kappa shape index (κ2) is 6.39. The maximum absolute atomic E-state index is 10.4. The molecule has 1 aromatic rings. The topological polar surface area (TPSA) is 111 Å². The second-order valence-corrected chi connectivity index (χ2v) is 3.24. The van der Waals surface area contributed by atoms with E-state index in [9.17, 15) is 15.2 Å². The van der Waals surface area contributed by atoms with Crippen LogP contribution in [0.25, 0.3) is 0 Å². The Balaban J connectivity index is 0.00000225. The first-order valence-electron chi connectivity index (χ1n) is 4.42. The molecule has 0 saturated carbocycles. The van der Waals surface area contributed by atoms with E-state index in [2.05, 4.69) is 5.73 Å². The summed E-state index contributed by atoms with van der Waals surface area (Å²) in [4.78, 5) is 9.85. The van der Waals surface area contributed by atoms with Gasteiger partial charge in [0.05, 0.1) is 11.5 Å². The van der Waals surface area contributed by atoms with Crippen LogP contribution in [-0.2, 0) is 0 Å².